The number of nitrogens with one attached hydrogen (secondary N) is 1. The molecule has 1 fully saturated rings. The van der Waals surface area contributed by atoms with Gasteiger partial charge in [-0.25, -0.2) is 9.50 Å². The number of aryl methyl sites for hydroxylation is 1. The van der Waals surface area contributed by atoms with Crippen LogP contribution in [-0.2, 0) is 0 Å². The molecular weight excluding hydrogens is 228 g/mol. The van der Waals surface area contributed by atoms with Crippen LogP contribution in [0.1, 0.15) is 35.4 Å². The summed E-state index contributed by atoms with van der Waals surface area (Å²) in [6.45, 7) is 2.65. The fourth-order valence-corrected chi connectivity index (χ4v) is 2.22. The fraction of sp³-hybridized carbons (Fsp3) is 0.462. The second-order valence-electron chi connectivity index (χ2n) is 4.89. The highest BCUT2D eigenvalue weighted by atomic mass is 16.2. The third kappa shape index (κ3) is 1.96. The van der Waals surface area contributed by atoms with Gasteiger partial charge in [-0.3, -0.25) is 4.79 Å². The minimum absolute atomic E-state index is 0.0684. The second-order valence-corrected chi connectivity index (χ2v) is 4.89. The SMILES string of the molecule is Cc1cc(C(=O)NCC2CCC2)n2nccc2n1. The van der Waals surface area contributed by atoms with Gasteiger partial charge in [-0.15, -0.1) is 0 Å². The quantitative estimate of drug-likeness (QED) is 0.891. The predicted octanol–water partition coefficient (Wildman–Crippen LogP) is 1.57. The van der Waals surface area contributed by atoms with Crippen molar-refractivity contribution in [2.45, 2.75) is 26.2 Å². The molecule has 0 aliphatic heterocycles. The molecule has 94 valence electrons. The van der Waals surface area contributed by atoms with Crippen LogP contribution in [0, 0.1) is 12.8 Å². The first-order valence-electron chi connectivity index (χ1n) is 6.33. The molecule has 0 aromatic carbocycles. The minimum atomic E-state index is -0.0684. The van der Waals surface area contributed by atoms with Gasteiger partial charge in [0.2, 0.25) is 0 Å². The Kier molecular flexibility index (Phi) is 2.74. The maximum absolute atomic E-state index is 12.2. The lowest BCUT2D eigenvalue weighted by Crippen LogP contribution is -2.33. The average molecular weight is 244 g/mol. The highest BCUT2D eigenvalue weighted by Crippen LogP contribution is 2.25. The Morgan fingerprint density at radius 2 is 2.39 bits per heavy atom. The molecule has 1 N–H and O–H groups in total. The lowest BCUT2D eigenvalue weighted by molar-refractivity contribution is 0.0931. The zero-order chi connectivity index (χ0) is 12.5. The lowest BCUT2D eigenvalue weighted by Gasteiger charge is -2.25. The molecule has 0 spiro atoms. The minimum Gasteiger partial charge on any atom is -0.350 e. The molecule has 2 aromatic heterocycles. The summed E-state index contributed by atoms with van der Waals surface area (Å²) in [5.74, 6) is 0.589. The van der Waals surface area contributed by atoms with E-state index in [2.05, 4.69) is 15.4 Å². The number of amides is 1. The number of nitrogens with zero attached hydrogens (tertiary/aromatic N) is 3. The molecule has 1 amide bonds. The number of rotatable bonds is 3. The summed E-state index contributed by atoms with van der Waals surface area (Å²) >= 11 is 0. The molecule has 2 heterocycles. The molecule has 0 saturated heterocycles. The molecule has 3 rings (SSSR count). The van der Waals surface area contributed by atoms with Crippen LogP contribution in [-0.4, -0.2) is 27.0 Å². The molecule has 5 heteroatoms. The summed E-state index contributed by atoms with van der Waals surface area (Å²) in [5, 5.41) is 7.12. The third-order valence-electron chi connectivity index (χ3n) is 3.50. The van der Waals surface area contributed by atoms with Crippen molar-refractivity contribution < 1.29 is 4.79 Å². The normalized spacial score (nSPS) is 15.6. The van der Waals surface area contributed by atoms with Gasteiger partial charge in [-0.05, 0) is 31.7 Å². The van der Waals surface area contributed by atoms with Gasteiger partial charge >= 0.3 is 0 Å². The molecule has 1 aliphatic rings. The van der Waals surface area contributed by atoms with Gasteiger partial charge in [0.1, 0.15) is 5.69 Å². The van der Waals surface area contributed by atoms with Crippen molar-refractivity contribution in [3.8, 4) is 0 Å². The van der Waals surface area contributed by atoms with E-state index in [1.807, 2.05) is 6.92 Å². The number of carbonyl (C=O) groups excluding carboxylic acids is 1. The van der Waals surface area contributed by atoms with Crippen LogP contribution in [0.25, 0.3) is 5.65 Å². The molecular formula is C13H16N4O. The fourth-order valence-electron chi connectivity index (χ4n) is 2.22. The highest BCUT2D eigenvalue weighted by Gasteiger charge is 2.19. The Hall–Kier alpha value is -1.91. The van der Waals surface area contributed by atoms with Crippen molar-refractivity contribution in [1.82, 2.24) is 19.9 Å². The van der Waals surface area contributed by atoms with Gasteiger partial charge < -0.3 is 5.32 Å². The summed E-state index contributed by atoms with van der Waals surface area (Å²) in [4.78, 5) is 16.5. The van der Waals surface area contributed by atoms with E-state index in [0.717, 1.165) is 12.2 Å². The summed E-state index contributed by atoms with van der Waals surface area (Å²) in [6, 6.07) is 3.58. The van der Waals surface area contributed by atoms with Crippen molar-refractivity contribution in [2.24, 2.45) is 5.92 Å². The monoisotopic (exact) mass is 244 g/mol. The van der Waals surface area contributed by atoms with Crippen LogP contribution in [0.5, 0.6) is 0 Å². The van der Waals surface area contributed by atoms with E-state index in [1.54, 1.807) is 22.8 Å². The maximum Gasteiger partial charge on any atom is 0.270 e. The molecule has 0 atom stereocenters. The van der Waals surface area contributed by atoms with Crippen LogP contribution in [0.3, 0.4) is 0 Å². The van der Waals surface area contributed by atoms with Gasteiger partial charge in [0.15, 0.2) is 5.65 Å². The van der Waals surface area contributed by atoms with Gasteiger partial charge in [0.25, 0.3) is 5.91 Å². The molecule has 0 radical (unpaired) electrons. The average Bonchev–Trinajstić information content (AvgIpc) is 2.73. The first kappa shape index (κ1) is 11.2. The van der Waals surface area contributed by atoms with Gasteiger partial charge in [0, 0.05) is 18.3 Å². The van der Waals surface area contributed by atoms with E-state index < -0.39 is 0 Å². The molecule has 0 unspecified atom stereocenters. The number of fused-ring (bicyclic) bond motifs is 1. The van der Waals surface area contributed by atoms with Crippen molar-refractivity contribution in [3.05, 3.63) is 29.7 Å². The van der Waals surface area contributed by atoms with E-state index in [0.29, 0.717) is 17.3 Å². The van der Waals surface area contributed by atoms with Crippen LogP contribution in [0.4, 0.5) is 0 Å². The largest absolute Gasteiger partial charge is 0.350 e. The van der Waals surface area contributed by atoms with E-state index in [-0.39, 0.29) is 5.91 Å². The Bertz CT molecular complexity index is 586. The first-order valence-corrected chi connectivity index (χ1v) is 6.33. The summed E-state index contributed by atoms with van der Waals surface area (Å²) in [5.41, 5.74) is 2.10. The Balaban J connectivity index is 1.83. The van der Waals surface area contributed by atoms with Crippen molar-refractivity contribution in [3.63, 3.8) is 0 Å². The van der Waals surface area contributed by atoms with Gasteiger partial charge in [-0.1, -0.05) is 6.42 Å². The predicted molar refractivity (Wildman–Crippen MR) is 67.4 cm³/mol. The van der Waals surface area contributed by atoms with E-state index >= 15 is 0 Å². The third-order valence-corrected chi connectivity index (χ3v) is 3.50. The maximum atomic E-state index is 12.2. The Morgan fingerprint density at radius 3 is 3.11 bits per heavy atom. The van der Waals surface area contributed by atoms with Crippen LogP contribution >= 0.6 is 0 Å². The molecule has 18 heavy (non-hydrogen) atoms. The number of aromatic nitrogens is 3. The molecule has 1 saturated carbocycles. The van der Waals surface area contributed by atoms with Crippen molar-refractivity contribution in [1.29, 1.82) is 0 Å². The van der Waals surface area contributed by atoms with Crippen LogP contribution in [0.2, 0.25) is 0 Å². The van der Waals surface area contributed by atoms with Crippen LogP contribution in [0.15, 0.2) is 18.3 Å². The van der Waals surface area contributed by atoms with Gasteiger partial charge in [-0.2, -0.15) is 5.10 Å². The molecule has 2 aromatic rings. The zero-order valence-electron chi connectivity index (χ0n) is 10.4. The van der Waals surface area contributed by atoms with E-state index in [9.17, 15) is 4.79 Å². The van der Waals surface area contributed by atoms with Crippen molar-refractivity contribution >= 4 is 11.6 Å². The summed E-state index contributed by atoms with van der Waals surface area (Å²) in [7, 11) is 0. The highest BCUT2D eigenvalue weighted by molar-refractivity contribution is 5.93. The Labute approximate surface area is 105 Å². The molecule has 0 bridgehead atoms. The summed E-state index contributed by atoms with van der Waals surface area (Å²) in [6.07, 6.45) is 5.41. The molecule has 1 aliphatic carbocycles. The first-order chi connectivity index (χ1) is 8.74. The van der Waals surface area contributed by atoms with Crippen molar-refractivity contribution in [2.75, 3.05) is 6.54 Å². The Morgan fingerprint density at radius 1 is 1.56 bits per heavy atom. The van der Waals surface area contributed by atoms with Crippen LogP contribution < -0.4 is 5.32 Å². The lowest BCUT2D eigenvalue weighted by atomic mass is 9.85. The number of hydrogen-bond donors (Lipinski definition) is 1. The van der Waals surface area contributed by atoms with E-state index in [1.165, 1.54) is 19.3 Å². The summed E-state index contributed by atoms with van der Waals surface area (Å²) < 4.78 is 1.59. The molecule has 5 nitrogen and oxygen atoms in total. The topological polar surface area (TPSA) is 59.3 Å². The standard InChI is InChI=1S/C13H16N4O/c1-9-7-11(17-12(16-9)5-6-15-17)13(18)14-8-10-3-2-4-10/h5-7,10H,2-4,8H2,1H3,(H,14,18). The smallest absolute Gasteiger partial charge is 0.270 e. The second kappa shape index (κ2) is 4.40. The van der Waals surface area contributed by atoms with Gasteiger partial charge in [0.05, 0.1) is 6.20 Å². The van der Waals surface area contributed by atoms with E-state index in [4.69, 9.17) is 0 Å². The number of hydrogen-bond acceptors (Lipinski definition) is 3. The zero-order valence-corrected chi connectivity index (χ0v) is 10.4. The number of carbonyl (C=O) groups is 1.